The number of rotatable bonds is 5. The fourth-order valence-electron chi connectivity index (χ4n) is 1.20. The van der Waals surface area contributed by atoms with E-state index in [0.717, 1.165) is 19.6 Å². The van der Waals surface area contributed by atoms with Crippen LogP contribution < -0.4 is 0 Å². The van der Waals surface area contributed by atoms with Crippen molar-refractivity contribution >= 4 is 8.32 Å². The molecule has 0 aliphatic rings. The molecule has 1 aromatic heterocycles. The average Bonchev–Trinajstić information content (AvgIpc) is 2.63. The molecule has 1 aromatic rings. The molecule has 92 valence electrons. The molecule has 0 unspecified atom stereocenters. The maximum Gasteiger partial charge on any atom is 0.191 e. The van der Waals surface area contributed by atoms with Crippen molar-refractivity contribution < 1.29 is 4.43 Å². The molecule has 1 heterocycles. The average molecular weight is 240 g/mol. The summed E-state index contributed by atoms with van der Waals surface area (Å²) in [5.74, 6) is 0. The van der Waals surface area contributed by atoms with Crippen molar-refractivity contribution in [1.82, 2.24) is 9.78 Å². The van der Waals surface area contributed by atoms with Gasteiger partial charge in [0.15, 0.2) is 8.32 Å². The maximum atomic E-state index is 6.09. The maximum absolute atomic E-state index is 6.09. The van der Waals surface area contributed by atoms with E-state index in [0.29, 0.717) is 5.04 Å². The lowest BCUT2D eigenvalue weighted by molar-refractivity contribution is 0.272. The van der Waals surface area contributed by atoms with E-state index in [1.165, 1.54) is 0 Å². The smallest absolute Gasteiger partial charge is 0.191 e. The van der Waals surface area contributed by atoms with Crippen LogP contribution in [0.5, 0.6) is 0 Å². The van der Waals surface area contributed by atoms with E-state index in [1.54, 1.807) is 0 Å². The summed E-state index contributed by atoms with van der Waals surface area (Å²) < 4.78 is 8.04. The molecule has 3 nitrogen and oxygen atoms in total. The fourth-order valence-corrected chi connectivity index (χ4v) is 2.29. The van der Waals surface area contributed by atoms with Gasteiger partial charge in [0, 0.05) is 25.5 Å². The molecule has 0 aliphatic carbocycles. The molecule has 0 fully saturated rings. The quantitative estimate of drug-likeness (QED) is 0.583. The summed E-state index contributed by atoms with van der Waals surface area (Å²) in [5.41, 5.74) is 0. The first kappa shape index (κ1) is 13.5. The standard InChI is InChI=1S/C12H24N2OSi/c1-12(2,3)16(4,5)15-11-7-10-14-9-6-8-13-14/h6,8-9H,7,10-11H2,1-5H3. The van der Waals surface area contributed by atoms with Crippen LogP contribution in [0.1, 0.15) is 27.2 Å². The van der Waals surface area contributed by atoms with Crippen LogP contribution >= 0.6 is 0 Å². The van der Waals surface area contributed by atoms with Crippen LogP contribution in [0.15, 0.2) is 18.5 Å². The molecule has 0 spiro atoms. The number of aromatic nitrogens is 2. The van der Waals surface area contributed by atoms with E-state index in [-0.39, 0.29) is 0 Å². The van der Waals surface area contributed by atoms with Crippen molar-refractivity contribution in [3.8, 4) is 0 Å². The van der Waals surface area contributed by atoms with E-state index < -0.39 is 8.32 Å². The zero-order valence-electron chi connectivity index (χ0n) is 11.2. The summed E-state index contributed by atoms with van der Waals surface area (Å²) in [6.07, 6.45) is 4.84. The van der Waals surface area contributed by atoms with Gasteiger partial charge in [-0.3, -0.25) is 4.68 Å². The molecule has 0 N–H and O–H groups in total. The monoisotopic (exact) mass is 240 g/mol. The van der Waals surface area contributed by atoms with E-state index in [4.69, 9.17) is 4.43 Å². The van der Waals surface area contributed by atoms with Crippen molar-refractivity contribution in [3.05, 3.63) is 18.5 Å². The third-order valence-corrected chi connectivity index (χ3v) is 7.90. The van der Waals surface area contributed by atoms with Gasteiger partial charge >= 0.3 is 0 Å². The molecule has 0 amide bonds. The minimum atomic E-state index is -1.56. The Morgan fingerprint density at radius 1 is 1.31 bits per heavy atom. The molecule has 4 heteroatoms. The first-order valence-corrected chi connectivity index (χ1v) is 8.85. The van der Waals surface area contributed by atoms with Crippen LogP contribution in [0.25, 0.3) is 0 Å². The Labute approximate surface area is 99.9 Å². The van der Waals surface area contributed by atoms with Gasteiger partial charge in [-0.1, -0.05) is 20.8 Å². The van der Waals surface area contributed by atoms with E-state index in [2.05, 4.69) is 39.0 Å². The van der Waals surface area contributed by atoms with Crippen LogP contribution in [0, 0.1) is 0 Å². The van der Waals surface area contributed by atoms with Crippen LogP contribution in [-0.2, 0) is 11.0 Å². The second kappa shape index (κ2) is 5.14. The van der Waals surface area contributed by atoms with Crippen LogP contribution in [0.2, 0.25) is 18.1 Å². The number of aryl methyl sites for hydroxylation is 1. The number of hydrogen-bond donors (Lipinski definition) is 0. The zero-order chi connectivity index (χ0) is 12.2. The summed E-state index contributed by atoms with van der Waals surface area (Å²) in [5, 5.41) is 4.48. The highest BCUT2D eigenvalue weighted by atomic mass is 28.4. The van der Waals surface area contributed by atoms with Crippen LogP contribution in [0.4, 0.5) is 0 Å². The van der Waals surface area contributed by atoms with Gasteiger partial charge < -0.3 is 4.43 Å². The summed E-state index contributed by atoms with van der Waals surface area (Å²) in [6.45, 7) is 13.2. The summed E-state index contributed by atoms with van der Waals surface area (Å²) in [7, 11) is -1.56. The largest absolute Gasteiger partial charge is 0.417 e. The molecule has 0 saturated carbocycles. The van der Waals surface area contributed by atoms with Gasteiger partial charge in [-0.05, 0) is 30.6 Å². The number of hydrogen-bond acceptors (Lipinski definition) is 2. The van der Waals surface area contributed by atoms with Gasteiger partial charge in [-0.25, -0.2) is 0 Å². The highest BCUT2D eigenvalue weighted by Gasteiger charge is 2.36. The molecule has 0 atom stereocenters. The second-order valence-corrected chi connectivity index (χ2v) is 10.5. The first-order valence-electron chi connectivity index (χ1n) is 5.94. The molecule has 1 rings (SSSR count). The summed E-state index contributed by atoms with van der Waals surface area (Å²) in [4.78, 5) is 0. The van der Waals surface area contributed by atoms with Crippen molar-refractivity contribution in [2.45, 2.75) is 51.9 Å². The first-order chi connectivity index (χ1) is 7.33. The minimum Gasteiger partial charge on any atom is -0.417 e. The van der Waals surface area contributed by atoms with E-state index >= 15 is 0 Å². The van der Waals surface area contributed by atoms with Crippen molar-refractivity contribution in [1.29, 1.82) is 0 Å². The SMILES string of the molecule is CC(C)(C)[Si](C)(C)OCCCn1cccn1. The lowest BCUT2D eigenvalue weighted by Crippen LogP contribution is -2.41. The van der Waals surface area contributed by atoms with E-state index in [1.807, 2.05) is 23.1 Å². The summed E-state index contributed by atoms with van der Waals surface area (Å²) in [6, 6.07) is 1.95. The van der Waals surface area contributed by atoms with Gasteiger partial charge in [0.05, 0.1) is 0 Å². The Hall–Kier alpha value is -0.613. The third-order valence-electron chi connectivity index (χ3n) is 3.36. The molecular weight excluding hydrogens is 216 g/mol. The van der Waals surface area contributed by atoms with E-state index in [9.17, 15) is 0 Å². The normalized spacial score (nSPS) is 13.1. The molecule has 16 heavy (non-hydrogen) atoms. The molecule has 0 radical (unpaired) electrons. The Morgan fingerprint density at radius 3 is 2.50 bits per heavy atom. The zero-order valence-corrected chi connectivity index (χ0v) is 12.2. The van der Waals surface area contributed by atoms with Crippen molar-refractivity contribution in [2.24, 2.45) is 0 Å². The topological polar surface area (TPSA) is 27.1 Å². The minimum absolute atomic E-state index is 0.304. The molecule has 0 aromatic carbocycles. The van der Waals surface area contributed by atoms with Gasteiger partial charge in [0.1, 0.15) is 0 Å². The van der Waals surface area contributed by atoms with Crippen molar-refractivity contribution in [3.63, 3.8) is 0 Å². The molecule has 0 aliphatic heterocycles. The van der Waals surface area contributed by atoms with Crippen molar-refractivity contribution in [2.75, 3.05) is 6.61 Å². The predicted molar refractivity (Wildman–Crippen MR) is 70.0 cm³/mol. The molecule has 0 saturated heterocycles. The van der Waals surface area contributed by atoms with Gasteiger partial charge in [0.2, 0.25) is 0 Å². The van der Waals surface area contributed by atoms with Gasteiger partial charge in [-0.15, -0.1) is 0 Å². The predicted octanol–water partition coefficient (Wildman–Crippen LogP) is 3.30. The van der Waals surface area contributed by atoms with Gasteiger partial charge in [0.25, 0.3) is 0 Å². The third kappa shape index (κ3) is 3.76. The Morgan fingerprint density at radius 2 is 2.00 bits per heavy atom. The highest BCUT2D eigenvalue weighted by Crippen LogP contribution is 2.36. The fraction of sp³-hybridized carbons (Fsp3) is 0.750. The second-order valence-electron chi connectivity index (χ2n) is 5.73. The number of nitrogens with zero attached hydrogens (tertiary/aromatic N) is 2. The highest BCUT2D eigenvalue weighted by molar-refractivity contribution is 6.74. The molecule has 0 bridgehead atoms. The lowest BCUT2D eigenvalue weighted by atomic mass is 10.2. The lowest BCUT2D eigenvalue weighted by Gasteiger charge is -2.36. The molecular formula is C12H24N2OSi. The Bertz CT molecular complexity index is 301. The Kier molecular flexibility index (Phi) is 4.33. The van der Waals surface area contributed by atoms with Crippen LogP contribution in [-0.4, -0.2) is 24.7 Å². The van der Waals surface area contributed by atoms with Gasteiger partial charge in [-0.2, -0.15) is 5.10 Å². The Balaban J connectivity index is 2.25. The summed E-state index contributed by atoms with van der Waals surface area (Å²) >= 11 is 0. The van der Waals surface area contributed by atoms with Crippen LogP contribution in [0.3, 0.4) is 0 Å².